The summed E-state index contributed by atoms with van der Waals surface area (Å²) in [5, 5.41) is 4.35. The molecule has 11 heteroatoms. The first-order valence-electron chi connectivity index (χ1n) is 14.0. The number of amides is 1. The Bertz CT molecular complexity index is 1100. The van der Waals surface area contributed by atoms with E-state index in [0.717, 1.165) is 34.6 Å². The van der Waals surface area contributed by atoms with Gasteiger partial charge in [-0.25, -0.2) is 5.84 Å². The van der Waals surface area contributed by atoms with E-state index in [0.29, 0.717) is 84.9 Å². The van der Waals surface area contributed by atoms with E-state index in [2.05, 4.69) is 35.5 Å². The quantitative estimate of drug-likeness (QED) is 0.130. The number of nitrogens with one attached hydrogen (secondary N) is 1. The maximum atomic E-state index is 10.7. The predicted octanol–water partition coefficient (Wildman–Crippen LogP) is 1.82. The molecule has 5 N–H and O–H groups in total. The molecule has 0 saturated heterocycles. The van der Waals surface area contributed by atoms with Gasteiger partial charge in [-0.1, -0.05) is 42.5 Å². The molecule has 0 aliphatic carbocycles. The summed E-state index contributed by atoms with van der Waals surface area (Å²) in [6.07, 6.45) is 0. The van der Waals surface area contributed by atoms with Crippen LogP contribution in [0.4, 0.5) is 5.69 Å². The molecular formula is C30H45N5O6. The molecule has 0 fully saturated rings. The van der Waals surface area contributed by atoms with Gasteiger partial charge >= 0.3 is 0 Å². The van der Waals surface area contributed by atoms with Crippen LogP contribution in [0.2, 0.25) is 0 Å². The minimum absolute atomic E-state index is 0.0617. The van der Waals surface area contributed by atoms with Crippen molar-refractivity contribution in [3.8, 4) is 0 Å². The SMILES string of the molecule is CC(=O)NCCOCCOCCOCCOCCOCCN(N)/C1=C(\N)c2ccccc2N(C)Cc2ccccc21. The number of nitrogens with zero attached hydrogens (tertiary/aromatic N) is 2. The van der Waals surface area contributed by atoms with E-state index in [1.807, 2.05) is 30.3 Å². The van der Waals surface area contributed by atoms with E-state index in [-0.39, 0.29) is 5.91 Å². The van der Waals surface area contributed by atoms with Crippen molar-refractivity contribution in [3.63, 3.8) is 0 Å². The van der Waals surface area contributed by atoms with Crippen molar-refractivity contribution in [2.45, 2.75) is 13.5 Å². The van der Waals surface area contributed by atoms with Gasteiger partial charge in [0.2, 0.25) is 5.91 Å². The maximum Gasteiger partial charge on any atom is 0.216 e. The molecule has 2 aromatic carbocycles. The molecule has 1 heterocycles. The molecule has 0 atom stereocenters. The molecule has 0 bridgehead atoms. The lowest BCUT2D eigenvalue weighted by Crippen LogP contribution is -2.36. The largest absolute Gasteiger partial charge is 0.396 e. The molecule has 41 heavy (non-hydrogen) atoms. The fourth-order valence-electron chi connectivity index (χ4n) is 4.40. The average Bonchev–Trinajstić information content (AvgIpc) is 2.96. The molecule has 1 aliphatic rings. The van der Waals surface area contributed by atoms with Crippen molar-refractivity contribution in [2.24, 2.45) is 11.6 Å². The summed E-state index contributed by atoms with van der Waals surface area (Å²) in [5.41, 5.74) is 12.4. The van der Waals surface area contributed by atoms with E-state index in [4.69, 9.17) is 35.3 Å². The van der Waals surface area contributed by atoms with Crippen LogP contribution in [0.15, 0.2) is 48.5 Å². The van der Waals surface area contributed by atoms with Gasteiger partial charge in [0.05, 0.1) is 84.0 Å². The fraction of sp³-hybridized carbons (Fsp3) is 0.500. The van der Waals surface area contributed by atoms with Crippen LogP contribution >= 0.6 is 0 Å². The number of hydrogen-bond donors (Lipinski definition) is 3. The van der Waals surface area contributed by atoms with Crippen molar-refractivity contribution >= 4 is 23.0 Å². The zero-order valence-electron chi connectivity index (χ0n) is 24.3. The number of hydrogen-bond acceptors (Lipinski definition) is 10. The standard InChI is InChI=1S/C30H45N5O6/c1-24(36)33-11-13-37-15-17-39-19-21-41-22-20-40-18-16-38-14-12-35(32)30-26-8-4-3-7-25(26)23-34(2)28-10-6-5-9-27(28)29(30)31/h3-10H,11-23,31-32H2,1-2H3,(H,33,36)/b30-29-. The van der Waals surface area contributed by atoms with Crippen molar-refractivity contribution in [1.82, 2.24) is 10.3 Å². The normalized spacial score (nSPS) is 14.7. The summed E-state index contributed by atoms with van der Waals surface area (Å²) >= 11 is 0. The van der Waals surface area contributed by atoms with Crippen LogP contribution in [0.5, 0.6) is 0 Å². The third kappa shape index (κ3) is 11.0. The molecule has 3 rings (SSSR count). The Morgan fingerprint density at radius 2 is 1.32 bits per heavy atom. The Morgan fingerprint density at radius 3 is 1.93 bits per heavy atom. The molecule has 0 saturated carbocycles. The molecule has 0 aromatic heterocycles. The van der Waals surface area contributed by atoms with Crippen LogP contribution < -0.4 is 21.8 Å². The number of rotatable bonds is 19. The van der Waals surface area contributed by atoms with Gasteiger partial charge in [-0.2, -0.15) is 0 Å². The third-order valence-electron chi connectivity index (χ3n) is 6.41. The van der Waals surface area contributed by atoms with Crippen LogP contribution in [-0.2, 0) is 35.0 Å². The second-order valence-electron chi connectivity index (χ2n) is 9.53. The maximum absolute atomic E-state index is 10.7. The van der Waals surface area contributed by atoms with Crippen LogP contribution in [0.25, 0.3) is 11.4 Å². The molecule has 0 unspecified atom stereocenters. The van der Waals surface area contributed by atoms with E-state index < -0.39 is 0 Å². The van der Waals surface area contributed by atoms with E-state index >= 15 is 0 Å². The van der Waals surface area contributed by atoms with Gasteiger partial charge in [0.25, 0.3) is 0 Å². The van der Waals surface area contributed by atoms with Crippen molar-refractivity contribution in [3.05, 3.63) is 65.2 Å². The molecule has 1 amide bonds. The van der Waals surface area contributed by atoms with Crippen molar-refractivity contribution in [2.75, 3.05) is 91.1 Å². The van der Waals surface area contributed by atoms with E-state index in [1.54, 1.807) is 5.01 Å². The lowest BCUT2D eigenvalue weighted by Gasteiger charge is -2.32. The number of hydrazine groups is 1. The van der Waals surface area contributed by atoms with E-state index in [1.165, 1.54) is 6.92 Å². The molecule has 11 nitrogen and oxygen atoms in total. The zero-order valence-corrected chi connectivity index (χ0v) is 24.3. The number of nitrogens with two attached hydrogens (primary N) is 2. The molecule has 0 spiro atoms. The Labute approximate surface area is 243 Å². The highest BCUT2D eigenvalue weighted by atomic mass is 16.6. The second-order valence-corrected chi connectivity index (χ2v) is 9.53. The van der Waals surface area contributed by atoms with Gasteiger partial charge in [0, 0.05) is 43.9 Å². The van der Waals surface area contributed by atoms with Crippen LogP contribution in [0.1, 0.15) is 23.6 Å². The predicted molar refractivity (Wildman–Crippen MR) is 160 cm³/mol. The molecule has 226 valence electrons. The molecule has 1 aliphatic heterocycles. The van der Waals surface area contributed by atoms with Crippen molar-refractivity contribution in [1.29, 1.82) is 0 Å². The first-order valence-corrected chi connectivity index (χ1v) is 14.0. The summed E-state index contributed by atoms with van der Waals surface area (Å²) < 4.78 is 27.6. The highest BCUT2D eigenvalue weighted by molar-refractivity contribution is 5.93. The van der Waals surface area contributed by atoms with Crippen molar-refractivity contribution < 1.29 is 28.5 Å². The third-order valence-corrected chi connectivity index (χ3v) is 6.41. The number of carbonyl (C=O) groups is 1. The summed E-state index contributed by atoms with van der Waals surface area (Å²) in [6, 6.07) is 16.3. The Morgan fingerprint density at radius 1 is 0.805 bits per heavy atom. The number of benzene rings is 2. The molecule has 2 aromatic rings. The lowest BCUT2D eigenvalue weighted by atomic mass is 9.96. The van der Waals surface area contributed by atoms with Gasteiger partial charge in [0.1, 0.15) is 0 Å². The minimum atomic E-state index is -0.0617. The summed E-state index contributed by atoms with van der Waals surface area (Å²) in [4.78, 5) is 12.9. The number of carbonyl (C=O) groups excluding carboxylic acids is 1. The first kappa shape index (κ1) is 32.3. The Kier molecular flexibility index (Phi) is 14.4. The Hall–Kier alpha value is -3.19. The minimum Gasteiger partial charge on any atom is -0.396 e. The Balaban J connectivity index is 1.29. The smallest absolute Gasteiger partial charge is 0.216 e. The topological polar surface area (TPSA) is 134 Å². The van der Waals surface area contributed by atoms with Crippen LogP contribution in [0.3, 0.4) is 0 Å². The van der Waals surface area contributed by atoms with Gasteiger partial charge in [0.15, 0.2) is 0 Å². The number of anilines is 1. The van der Waals surface area contributed by atoms with Crippen LogP contribution in [-0.4, -0.2) is 97.1 Å². The lowest BCUT2D eigenvalue weighted by molar-refractivity contribution is -0.119. The number of fused-ring (bicyclic) bond motifs is 2. The number of para-hydroxylation sites is 1. The summed E-state index contributed by atoms with van der Waals surface area (Å²) in [5.74, 6) is 6.50. The van der Waals surface area contributed by atoms with Gasteiger partial charge < -0.3 is 44.6 Å². The summed E-state index contributed by atoms with van der Waals surface area (Å²) in [7, 11) is 2.07. The number of ether oxygens (including phenoxy) is 5. The van der Waals surface area contributed by atoms with Crippen LogP contribution in [0, 0.1) is 0 Å². The van der Waals surface area contributed by atoms with E-state index in [9.17, 15) is 4.79 Å². The summed E-state index contributed by atoms with van der Waals surface area (Å²) in [6.45, 7) is 7.94. The fourth-order valence-corrected chi connectivity index (χ4v) is 4.40. The monoisotopic (exact) mass is 571 g/mol. The average molecular weight is 572 g/mol. The first-order chi connectivity index (χ1) is 20.0. The van der Waals surface area contributed by atoms with Gasteiger partial charge in [-0.15, -0.1) is 0 Å². The van der Waals surface area contributed by atoms with Gasteiger partial charge in [-0.3, -0.25) is 4.79 Å². The zero-order chi connectivity index (χ0) is 29.3. The second kappa shape index (κ2) is 18.3. The molecular weight excluding hydrogens is 526 g/mol. The highest BCUT2D eigenvalue weighted by Gasteiger charge is 2.23. The highest BCUT2D eigenvalue weighted by Crippen LogP contribution is 2.35. The van der Waals surface area contributed by atoms with Gasteiger partial charge in [-0.05, 0) is 11.6 Å². The molecule has 0 radical (unpaired) electrons.